The first-order valence-corrected chi connectivity index (χ1v) is 3.15. The molecule has 0 aromatic rings. The van der Waals surface area contributed by atoms with Crippen LogP contribution >= 0.6 is 15.9 Å². The molecule has 3 nitrogen and oxygen atoms in total. The maximum Gasteiger partial charge on any atom is 0.404 e. The minimum absolute atomic E-state index is 0.207. The van der Waals surface area contributed by atoms with E-state index in [0.717, 1.165) is 0 Å². The third-order valence-electron chi connectivity index (χ3n) is 0.535. The van der Waals surface area contributed by atoms with Crippen LogP contribution in [0.2, 0.25) is 0 Å². The summed E-state index contributed by atoms with van der Waals surface area (Å²) in [6.07, 6.45) is -0.976. The van der Waals surface area contributed by atoms with Gasteiger partial charge in [0, 0.05) is 11.4 Å². The molecule has 0 saturated heterocycles. The number of rotatable bonds is 2. The van der Waals surface area contributed by atoms with Crippen LogP contribution in [0.15, 0.2) is 0 Å². The number of alkyl halides is 1. The van der Waals surface area contributed by atoms with Crippen molar-refractivity contribution in [2.75, 3.05) is 6.54 Å². The summed E-state index contributed by atoms with van der Waals surface area (Å²) in [6, 6.07) is 0. The van der Waals surface area contributed by atoms with Crippen LogP contribution in [0.4, 0.5) is 4.79 Å². The summed E-state index contributed by atoms with van der Waals surface area (Å²) in [7, 11) is 0. The van der Waals surface area contributed by atoms with Gasteiger partial charge in [0.15, 0.2) is 0 Å². The van der Waals surface area contributed by atoms with E-state index in [1.54, 1.807) is 0 Å². The molecule has 4 heteroatoms. The Kier molecular flexibility index (Phi) is 3.60. The molecule has 0 aliphatic heterocycles. The van der Waals surface area contributed by atoms with Crippen molar-refractivity contribution < 1.29 is 9.90 Å². The van der Waals surface area contributed by atoms with Gasteiger partial charge in [0.05, 0.1) is 0 Å². The van der Waals surface area contributed by atoms with Crippen LogP contribution in [0.5, 0.6) is 0 Å². The van der Waals surface area contributed by atoms with E-state index in [1.807, 2.05) is 6.92 Å². The molecular weight excluding hydrogens is 174 g/mol. The summed E-state index contributed by atoms with van der Waals surface area (Å²) in [5.41, 5.74) is 0. The molecule has 0 aromatic carbocycles. The van der Waals surface area contributed by atoms with Gasteiger partial charge in [-0.05, 0) is 0 Å². The lowest BCUT2D eigenvalue weighted by Gasteiger charge is -1.99. The molecule has 8 heavy (non-hydrogen) atoms. The number of hydrogen-bond donors (Lipinski definition) is 2. The lowest BCUT2D eigenvalue weighted by atomic mass is 10.5. The maximum absolute atomic E-state index is 9.77. The summed E-state index contributed by atoms with van der Waals surface area (Å²) >= 11 is 3.18. The summed E-state index contributed by atoms with van der Waals surface area (Å²) in [5.74, 6) is 0. The maximum atomic E-state index is 9.77. The number of carboxylic acid groups (broad SMARTS) is 1. The number of amides is 1. The van der Waals surface area contributed by atoms with E-state index in [2.05, 4.69) is 21.2 Å². The molecule has 1 unspecified atom stereocenters. The Morgan fingerprint density at radius 2 is 2.50 bits per heavy atom. The molecule has 48 valence electrons. The lowest BCUT2D eigenvalue weighted by Crippen LogP contribution is -2.26. The highest BCUT2D eigenvalue weighted by Gasteiger charge is 1.96. The Balaban J connectivity index is 3.05. The Morgan fingerprint density at radius 1 is 2.00 bits per heavy atom. The summed E-state index contributed by atoms with van der Waals surface area (Å²) in [5, 5.41) is 10.2. The van der Waals surface area contributed by atoms with E-state index in [0.29, 0.717) is 6.54 Å². The minimum atomic E-state index is -0.976. The fourth-order valence-electron chi connectivity index (χ4n) is 0.228. The normalized spacial score (nSPS) is 12.8. The second kappa shape index (κ2) is 3.72. The van der Waals surface area contributed by atoms with Crippen molar-refractivity contribution in [1.29, 1.82) is 0 Å². The minimum Gasteiger partial charge on any atom is -0.465 e. The van der Waals surface area contributed by atoms with Gasteiger partial charge in [-0.2, -0.15) is 0 Å². The standard InChI is InChI=1S/C4H8BrNO2/c1-3(5)2-6-4(7)8/h3,6H,2H2,1H3,(H,7,8). The van der Waals surface area contributed by atoms with E-state index in [4.69, 9.17) is 5.11 Å². The SMILES string of the molecule is CC(Br)CNC(=O)O. The molecule has 0 aliphatic rings. The Labute approximate surface area is 56.2 Å². The molecule has 0 aromatic heterocycles. The highest BCUT2D eigenvalue weighted by Crippen LogP contribution is 1.92. The van der Waals surface area contributed by atoms with Crippen molar-refractivity contribution in [2.45, 2.75) is 11.8 Å². The molecule has 1 atom stereocenters. The zero-order valence-corrected chi connectivity index (χ0v) is 6.10. The van der Waals surface area contributed by atoms with Crippen molar-refractivity contribution >= 4 is 22.0 Å². The highest BCUT2D eigenvalue weighted by molar-refractivity contribution is 9.09. The number of halogens is 1. The average molecular weight is 182 g/mol. The second-order valence-electron chi connectivity index (χ2n) is 1.47. The van der Waals surface area contributed by atoms with Crippen molar-refractivity contribution in [2.24, 2.45) is 0 Å². The van der Waals surface area contributed by atoms with Gasteiger partial charge in [0.25, 0.3) is 0 Å². The molecular formula is C4H8BrNO2. The monoisotopic (exact) mass is 181 g/mol. The van der Waals surface area contributed by atoms with E-state index in [1.165, 1.54) is 0 Å². The summed E-state index contributed by atoms with van der Waals surface area (Å²) < 4.78 is 0. The Hall–Kier alpha value is -0.250. The lowest BCUT2D eigenvalue weighted by molar-refractivity contribution is 0.194. The molecule has 0 saturated carbocycles. The quantitative estimate of drug-likeness (QED) is 0.626. The topological polar surface area (TPSA) is 49.3 Å². The zero-order valence-electron chi connectivity index (χ0n) is 4.52. The predicted molar refractivity (Wildman–Crippen MR) is 34.4 cm³/mol. The molecule has 0 bridgehead atoms. The van der Waals surface area contributed by atoms with Crippen molar-refractivity contribution in [3.63, 3.8) is 0 Å². The van der Waals surface area contributed by atoms with Gasteiger partial charge in [0.2, 0.25) is 0 Å². The van der Waals surface area contributed by atoms with Crippen molar-refractivity contribution in [3.8, 4) is 0 Å². The first-order chi connectivity index (χ1) is 3.63. The van der Waals surface area contributed by atoms with E-state index < -0.39 is 6.09 Å². The molecule has 0 spiro atoms. The molecule has 2 N–H and O–H groups in total. The predicted octanol–water partition coefficient (Wildman–Crippen LogP) is 1.04. The third kappa shape index (κ3) is 5.75. The van der Waals surface area contributed by atoms with E-state index in [9.17, 15) is 4.79 Å². The van der Waals surface area contributed by atoms with E-state index >= 15 is 0 Å². The van der Waals surface area contributed by atoms with Crippen molar-refractivity contribution in [3.05, 3.63) is 0 Å². The molecule has 0 rings (SSSR count). The number of carbonyl (C=O) groups is 1. The molecule has 1 amide bonds. The molecule has 0 fully saturated rings. The fraction of sp³-hybridized carbons (Fsp3) is 0.750. The van der Waals surface area contributed by atoms with Crippen LogP contribution in [0.3, 0.4) is 0 Å². The third-order valence-corrected chi connectivity index (χ3v) is 0.858. The first-order valence-electron chi connectivity index (χ1n) is 2.24. The van der Waals surface area contributed by atoms with Crippen LogP contribution in [-0.2, 0) is 0 Å². The Bertz CT molecular complexity index is 84.1. The van der Waals surface area contributed by atoms with Gasteiger partial charge < -0.3 is 10.4 Å². The van der Waals surface area contributed by atoms with Crippen LogP contribution in [0.25, 0.3) is 0 Å². The number of hydrogen-bond acceptors (Lipinski definition) is 1. The second-order valence-corrected chi connectivity index (χ2v) is 3.03. The van der Waals surface area contributed by atoms with Crippen LogP contribution < -0.4 is 5.32 Å². The molecule has 0 aliphatic carbocycles. The van der Waals surface area contributed by atoms with Gasteiger partial charge in [-0.25, -0.2) is 4.79 Å². The number of nitrogens with one attached hydrogen (secondary N) is 1. The first kappa shape index (κ1) is 7.75. The zero-order chi connectivity index (χ0) is 6.57. The highest BCUT2D eigenvalue weighted by atomic mass is 79.9. The fourth-order valence-corrected chi connectivity index (χ4v) is 0.390. The Morgan fingerprint density at radius 3 is 2.62 bits per heavy atom. The van der Waals surface area contributed by atoms with E-state index in [-0.39, 0.29) is 4.83 Å². The summed E-state index contributed by atoms with van der Waals surface area (Å²) in [4.78, 5) is 9.98. The van der Waals surface area contributed by atoms with Crippen LogP contribution in [0, 0.1) is 0 Å². The summed E-state index contributed by atoms with van der Waals surface area (Å²) in [6.45, 7) is 2.32. The smallest absolute Gasteiger partial charge is 0.404 e. The van der Waals surface area contributed by atoms with Gasteiger partial charge in [-0.3, -0.25) is 0 Å². The van der Waals surface area contributed by atoms with Gasteiger partial charge in [-0.1, -0.05) is 22.9 Å². The van der Waals surface area contributed by atoms with Crippen molar-refractivity contribution in [1.82, 2.24) is 5.32 Å². The largest absolute Gasteiger partial charge is 0.465 e. The van der Waals surface area contributed by atoms with Gasteiger partial charge in [-0.15, -0.1) is 0 Å². The van der Waals surface area contributed by atoms with Gasteiger partial charge >= 0.3 is 6.09 Å². The average Bonchev–Trinajstić information content (AvgIpc) is 1.61. The van der Waals surface area contributed by atoms with Crippen LogP contribution in [-0.4, -0.2) is 22.6 Å². The molecule has 0 heterocycles. The molecule has 0 radical (unpaired) electrons. The van der Waals surface area contributed by atoms with Gasteiger partial charge in [0.1, 0.15) is 0 Å². The van der Waals surface area contributed by atoms with Crippen LogP contribution in [0.1, 0.15) is 6.92 Å².